The van der Waals surface area contributed by atoms with Crippen LogP contribution in [0.15, 0.2) is 0 Å². The quantitative estimate of drug-likeness (QED) is 0.277. The normalized spacial score (nSPS) is 11.5. The van der Waals surface area contributed by atoms with Crippen molar-refractivity contribution in [1.29, 1.82) is 0 Å². The van der Waals surface area contributed by atoms with Gasteiger partial charge in [0.25, 0.3) is 0 Å². The average molecular weight is 326 g/mol. The van der Waals surface area contributed by atoms with Crippen molar-refractivity contribution < 1.29 is 14.7 Å². The number of aliphatic carboxylic acids is 1. The first-order chi connectivity index (χ1) is 9.61. The number of hydrogen-bond acceptors (Lipinski definition) is 3. The number of carboxylic acid groups (broad SMARTS) is 1. The Kier molecular flexibility index (Phi) is 18.7. The van der Waals surface area contributed by atoms with E-state index in [0.717, 1.165) is 19.3 Å². The Bertz CT molecular complexity index is 278. The topological polar surface area (TPSA) is 66.4 Å². The predicted octanol–water partition coefficient (Wildman–Crippen LogP) is 3.03. The Hall–Kier alpha value is 0.290. The van der Waals surface area contributed by atoms with Crippen molar-refractivity contribution in [2.75, 3.05) is 5.75 Å². The van der Waals surface area contributed by atoms with Gasteiger partial charge >= 0.3 is 5.97 Å². The van der Waals surface area contributed by atoms with Gasteiger partial charge in [-0.25, -0.2) is 4.79 Å². The third-order valence-corrected chi connectivity index (χ3v) is 3.69. The van der Waals surface area contributed by atoms with Crippen LogP contribution in [0, 0.1) is 0 Å². The SMILES string of the molecule is CCCCCCCCCCCC(=O)N[C@@H](CS)C(=O)O.[Na]. The molecule has 0 heterocycles. The molecule has 0 saturated heterocycles. The van der Waals surface area contributed by atoms with Crippen molar-refractivity contribution in [2.45, 2.75) is 77.2 Å². The number of nitrogens with one attached hydrogen (secondary N) is 1. The van der Waals surface area contributed by atoms with E-state index in [-0.39, 0.29) is 41.2 Å². The predicted molar refractivity (Wildman–Crippen MR) is 91.0 cm³/mol. The Morgan fingerprint density at radius 1 is 1.00 bits per heavy atom. The first-order valence-electron chi connectivity index (χ1n) is 7.74. The monoisotopic (exact) mass is 326 g/mol. The zero-order chi connectivity index (χ0) is 15.2. The number of hydrogen-bond donors (Lipinski definition) is 3. The second-order valence-electron chi connectivity index (χ2n) is 5.22. The summed E-state index contributed by atoms with van der Waals surface area (Å²) in [5.74, 6) is -1.09. The molecule has 0 rings (SSSR count). The Labute approximate surface area is 156 Å². The minimum absolute atomic E-state index is 0. The zero-order valence-corrected chi connectivity index (χ0v) is 16.5. The van der Waals surface area contributed by atoms with Crippen LogP contribution >= 0.6 is 12.6 Å². The third kappa shape index (κ3) is 15.0. The molecule has 0 aliphatic carbocycles. The molecule has 0 aliphatic rings. The molecule has 119 valence electrons. The number of thiol groups is 1. The molecule has 0 bridgehead atoms. The van der Waals surface area contributed by atoms with Crippen LogP contribution in [0.1, 0.15) is 71.1 Å². The first-order valence-corrected chi connectivity index (χ1v) is 8.38. The second kappa shape index (κ2) is 16.7. The van der Waals surface area contributed by atoms with Gasteiger partial charge in [0.2, 0.25) is 5.91 Å². The molecule has 0 saturated carbocycles. The van der Waals surface area contributed by atoms with Gasteiger partial charge in [-0.05, 0) is 6.42 Å². The van der Waals surface area contributed by atoms with Crippen LogP contribution in [-0.2, 0) is 9.59 Å². The number of carbonyl (C=O) groups excluding carboxylic acids is 1. The fourth-order valence-electron chi connectivity index (χ4n) is 2.05. The van der Waals surface area contributed by atoms with E-state index in [9.17, 15) is 9.59 Å². The molecular weight excluding hydrogens is 297 g/mol. The van der Waals surface area contributed by atoms with Crippen molar-refractivity contribution in [1.82, 2.24) is 5.32 Å². The molecule has 0 aromatic carbocycles. The van der Waals surface area contributed by atoms with E-state index in [1.165, 1.54) is 38.5 Å². The molecule has 0 fully saturated rings. The maximum atomic E-state index is 11.5. The van der Waals surface area contributed by atoms with E-state index in [1.807, 2.05) is 0 Å². The molecule has 0 unspecified atom stereocenters. The van der Waals surface area contributed by atoms with Crippen LogP contribution in [0.5, 0.6) is 0 Å². The first kappa shape index (κ1) is 23.6. The van der Waals surface area contributed by atoms with E-state index in [2.05, 4.69) is 24.9 Å². The maximum Gasteiger partial charge on any atom is 0.327 e. The van der Waals surface area contributed by atoms with Crippen molar-refractivity contribution in [2.24, 2.45) is 0 Å². The van der Waals surface area contributed by atoms with Crippen LogP contribution in [0.4, 0.5) is 0 Å². The summed E-state index contributed by atoms with van der Waals surface area (Å²) < 4.78 is 0. The summed E-state index contributed by atoms with van der Waals surface area (Å²) in [5, 5.41) is 11.3. The van der Waals surface area contributed by atoms with Gasteiger partial charge in [0.15, 0.2) is 0 Å². The van der Waals surface area contributed by atoms with E-state index >= 15 is 0 Å². The Morgan fingerprint density at radius 2 is 1.48 bits per heavy atom. The van der Waals surface area contributed by atoms with Crippen LogP contribution in [-0.4, -0.2) is 58.3 Å². The van der Waals surface area contributed by atoms with Crippen LogP contribution in [0.2, 0.25) is 0 Å². The summed E-state index contributed by atoms with van der Waals surface area (Å²) in [5.41, 5.74) is 0. The Morgan fingerprint density at radius 3 is 1.90 bits per heavy atom. The molecule has 0 aliphatic heterocycles. The molecule has 21 heavy (non-hydrogen) atoms. The van der Waals surface area contributed by atoms with E-state index in [0.29, 0.717) is 6.42 Å². The van der Waals surface area contributed by atoms with Gasteiger partial charge < -0.3 is 10.4 Å². The van der Waals surface area contributed by atoms with Crippen molar-refractivity contribution in [3.63, 3.8) is 0 Å². The molecule has 2 N–H and O–H groups in total. The molecule has 4 nitrogen and oxygen atoms in total. The van der Waals surface area contributed by atoms with Gasteiger partial charge in [-0.3, -0.25) is 4.79 Å². The number of rotatable bonds is 13. The number of amides is 1. The molecule has 1 atom stereocenters. The van der Waals surface area contributed by atoms with E-state index in [1.54, 1.807) is 0 Å². The minimum atomic E-state index is -1.03. The number of carboxylic acids is 1. The molecule has 6 heteroatoms. The maximum absolute atomic E-state index is 11.5. The van der Waals surface area contributed by atoms with Crippen molar-refractivity contribution >= 4 is 54.1 Å². The molecule has 1 amide bonds. The van der Waals surface area contributed by atoms with Gasteiger partial charge in [-0.1, -0.05) is 58.3 Å². The van der Waals surface area contributed by atoms with Gasteiger partial charge in [0.05, 0.1) is 0 Å². The minimum Gasteiger partial charge on any atom is -0.480 e. The number of carbonyl (C=O) groups is 2. The van der Waals surface area contributed by atoms with E-state index < -0.39 is 12.0 Å². The molecule has 0 spiro atoms. The second-order valence-corrected chi connectivity index (χ2v) is 5.58. The van der Waals surface area contributed by atoms with Crippen LogP contribution < -0.4 is 5.32 Å². The number of unbranched alkanes of at least 4 members (excludes halogenated alkanes) is 8. The van der Waals surface area contributed by atoms with Gasteiger partial charge in [-0.2, -0.15) is 12.6 Å². The zero-order valence-electron chi connectivity index (χ0n) is 13.6. The summed E-state index contributed by atoms with van der Waals surface area (Å²) in [6, 6.07) is -0.871. The van der Waals surface area contributed by atoms with Crippen LogP contribution in [0.3, 0.4) is 0 Å². The van der Waals surface area contributed by atoms with Gasteiger partial charge in [0, 0.05) is 41.7 Å². The molecule has 0 aromatic heterocycles. The van der Waals surface area contributed by atoms with Crippen molar-refractivity contribution in [3.05, 3.63) is 0 Å². The fraction of sp³-hybridized carbons (Fsp3) is 0.867. The molecule has 1 radical (unpaired) electrons. The van der Waals surface area contributed by atoms with Crippen LogP contribution in [0.25, 0.3) is 0 Å². The summed E-state index contributed by atoms with van der Waals surface area (Å²) in [6.45, 7) is 2.22. The summed E-state index contributed by atoms with van der Waals surface area (Å²) in [6.07, 6.45) is 11.2. The van der Waals surface area contributed by atoms with Crippen molar-refractivity contribution in [3.8, 4) is 0 Å². The smallest absolute Gasteiger partial charge is 0.327 e. The summed E-state index contributed by atoms with van der Waals surface area (Å²) in [7, 11) is 0. The summed E-state index contributed by atoms with van der Waals surface area (Å²) >= 11 is 3.91. The largest absolute Gasteiger partial charge is 0.480 e. The molecule has 0 aromatic rings. The average Bonchev–Trinajstić information content (AvgIpc) is 2.42. The Balaban J connectivity index is 0. The standard InChI is InChI=1S/C15H29NO3S.Na/c1-2-3-4-5-6-7-8-9-10-11-14(17)16-13(12-20)15(18)19;/h13,20H,2-12H2,1H3,(H,16,17)(H,18,19);/t13-;/m0./s1. The van der Waals surface area contributed by atoms with E-state index in [4.69, 9.17) is 5.11 Å². The summed E-state index contributed by atoms with van der Waals surface area (Å²) in [4.78, 5) is 22.2. The third-order valence-electron chi connectivity index (χ3n) is 3.32. The molecular formula is C15H29NNaO3S. The van der Waals surface area contributed by atoms with Gasteiger partial charge in [0.1, 0.15) is 6.04 Å². The fourth-order valence-corrected chi connectivity index (χ4v) is 2.30. The van der Waals surface area contributed by atoms with Gasteiger partial charge in [-0.15, -0.1) is 0 Å².